The highest BCUT2D eigenvalue weighted by atomic mass is 16.6. The molecular formula is C53H90O5. The molecule has 0 aliphatic heterocycles. The van der Waals surface area contributed by atoms with Gasteiger partial charge in [-0.1, -0.05) is 189 Å². The number of allylic oxidation sites excluding steroid dienone is 14. The monoisotopic (exact) mass is 807 g/mol. The molecule has 1 unspecified atom stereocenters. The fraction of sp³-hybridized carbons (Fsp3) is 0.698. The second kappa shape index (κ2) is 48.4. The topological polar surface area (TPSA) is 61.8 Å². The van der Waals surface area contributed by atoms with Crippen molar-refractivity contribution in [3.8, 4) is 0 Å². The summed E-state index contributed by atoms with van der Waals surface area (Å²) in [6.07, 6.45) is 63.1. The number of ether oxygens (including phenoxy) is 3. The van der Waals surface area contributed by atoms with E-state index in [2.05, 4.69) is 106 Å². The standard InChI is InChI=1S/C53H90O5/c1-4-7-10-13-16-18-20-22-24-26-27-28-29-31-33-35-38-40-43-46-52(54)57-50-51(58-53(55)47-44-41-37-15-12-9-6-3)49-56-48-45-42-39-36-34-32-30-25-23-21-19-17-14-11-8-5-2/h8,11,16-19,22-25,27-28,32,34,51H,4-7,9-10,12-15,20-21,26,29-31,33,35-50H2,1-3H3/b11-8-,18-16-,19-17-,24-22-,25-23-,28-27-,34-32-. The Balaban J connectivity index is 4.22. The normalized spacial score (nSPS) is 12.9. The third-order valence-electron chi connectivity index (χ3n) is 9.92. The summed E-state index contributed by atoms with van der Waals surface area (Å²) in [5.74, 6) is -0.439. The summed E-state index contributed by atoms with van der Waals surface area (Å²) in [4.78, 5) is 25.2. The van der Waals surface area contributed by atoms with Crippen LogP contribution in [0.1, 0.15) is 213 Å². The lowest BCUT2D eigenvalue weighted by atomic mass is 10.1. The van der Waals surface area contributed by atoms with Crippen molar-refractivity contribution < 1.29 is 23.8 Å². The minimum atomic E-state index is -0.558. The molecule has 0 N–H and O–H groups in total. The Labute approximate surface area is 359 Å². The van der Waals surface area contributed by atoms with E-state index in [0.717, 1.165) is 109 Å². The van der Waals surface area contributed by atoms with Crippen molar-refractivity contribution in [1.82, 2.24) is 0 Å². The van der Waals surface area contributed by atoms with Crippen LogP contribution in [0.15, 0.2) is 85.1 Å². The first-order chi connectivity index (χ1) is 28.6. The molecule has 1 atom stereocenters. The quantitative estimate of drug-likeness (QED) is 0.0349. The lowest BCUT2D eigenvalue weighted by Gasteiger charge is -2.18. The fourth-order valence-corrected chi connectivity index (χ4v) is 6.33. The first-order valence-electron chi connectivity index (χ1n) is 24.1. The van der Waals surface area contributed by atoms with Gasteiger partial charge in [0.2, 0.25) is 0 Å². The van der Waals surface area contributed by atoms with Crippen molar-refractivity contribution in [2.75, 3.05) is 19.8 Å². The van der Waals surface area contributed by atoms with Crippen LogP contribution in [0.4, 0.5) is 0 Å². The SMILES string of the molecule is CC/C=C\C/C=C\C/C=C\C/C=C\CCCCCOCC(COC(=O)CCCCCCCC/C=C\C/C=C\C/C=C\CCCCC)OC(=O)CCCCCCCCC. The third-order valence-corrected chi connectivity index (χ3v) is 9.92. The van der Waals surface area contributed by atoms with Crippen molar-refractivity contribution in [2.45, 2.75) is 219 Å². The third kappa shape index (κ3) is 45.8. The van der Waals surface area contributed by atoms with Gasteiger partial charge in [0.05, 0.1) is 6.61 Å². The Morgan fingerprint density at radius 1 is 0.397 bits per heavy atom. The van der Waals surface area contributed by atoms with Crippen LogP contribution in [-0.2, 0) is 23.8 Å². The van der Waals surface area contributed by atoms with E-state index in [0.29, 0.717) is 19.4 Å². The van der Waals surface area contributed by atoms with Crippen LogP contribution in [-0.4, -0.2) is 37.9 Å². The van der Waals surface area contributed by atoms with Crippen LogP contribution in [0.5, 0.6) is 0 Å². The molecule has 0 saturated heterocycles. The van der Waals surface area contributed by atoms with Crippen LogP contribution in [0.3, 0.4) is 0 Å². The molecule has 332 valence electrons. The summed E-state index contributed by atoms with van der Waals surface area (Å²) in [7, 11) is 0. The van der Waals surface area contributed by atoms with E-state index in [9.17, 15) is 9.59 Å². The van der Waals surface area contributed by atoms with Gasteiger partial charge in [-0.2, -0.15) is 0 Å². The van der Waals surface area contributed by atoms with Gasteiger partial charge in [-0.05, 0) is 96.3 Å². The lowest BCUT2D eigenvalue weighted by Crippen LogP contribution is -2.30. The number of hydrogen-bond donors (Lipinski definition) is 0. The fourth-order valence-electron chi connectivity index (χ4n) is 6.33. The van der Waals surface area contributed by atoms with Crippen molar-refractivity contribution in [3.05, 3.63) is 85.1 Å². The number of carbonyl (C=O) groups excluding carboxylic acids is 2. The molecule has 58 heavy (non-hydrogen) atoms. The Bertz CT molecular complexity index is 1090. The highest BCUT2D eigenvalue weighted by molar-refractivity contribution is 5.70. The van der Waals surface area contributed by atoms with Crippen molar-refractivity contribution in [1.29, 1.82) is 0 Å². The van der Waals surface area contributed by atoms with Crippen molar-refractivity contribution in [3.63, 3.8) is 0 Å². The van der Waals surface area contributed by atoms with E-state index in [1.807, 2.05) is 0 Å². The van der Waals surface area contributed by atoms with Gasteiger partial charge in [-0.25, -0.2) is 0 Å². The molecule has 0 aromatic heterocycles. The van der Waals surface area contributed by atoms with Gasteiger partial charge in [0.15, 0.2) is 6.10 Å². The summed E-state index contributed by atoms with van der Waals surface area (Å²) < 4.78 is 17.2. The highest BCUT2D eigenvalue weighted by Crippen LogP contribution is 2.12. The van der Waals surface area contributed by atoms with Gasteiger partial charge in [0.25, 0.3) is 0 Å². The molecule has 0 radical (unpaired) electrons. The van der Waals surface area contributed by atoms with E-state index < -0.39 is 6.10 Å². The predicted molar refractivity (Wildman–Crippen MR) is 251 cm³/mol. The number of esters is 2. The molecule has 0 amide bonds. The van der Waals surface area contributed by atoms with Crippen LogP contribution >= 0.6 is 0 Å². The maximum Gasteiger partial charge on any atom is 0.306 e. The van der Waals surface area contributed by atoms with Gasteiger partial charge < -0.3 is 14.2 Å². The maximum atomic E-state index is 12.6. The maximum absolute atomic E-state index is 12.6. The molecule has 0 spiro atoms. The lowest BCUT2D eigenvalue weighted by molar-refractivity contribution is -0.163. The minimum Gasteiger partial charge on any atom is -0.462 e. The zero-order valence-electron chi connectivity index (χ0n) is 38.0. The zero-order valence-corrected chi connectivity index (χ0v) is 38.0. The summed E-state index contributed by atoms with van der Waals surface area (Å²) in [5, 5.41) is 0. The molecule has 0 bridgehead atoms. The first-order valence-corrected chi connectivity index (χ1v) is 24.1. The van der Waals surface area contributed by atoms with Gasteiger partial charge in [-0.3, -0.25) is 9.59 Å². The molecule has 0 saturated carbocycles. The van der Waals surface area contributed by atoms with Crippen LogP contribution in [0.25, 0.3) is 0 Å². The summed E-state index contributed by atoms with van der Waals surface area (Å²) >= 11 is 0. The molecule has 0 aliphatic carbocycles. The molecule has 0 aliphatic rings. The molecule has 0 heterocycles. The van der Waals surface area contributed by atoms with E-state index in [-0.39, 0.29) is 25.2 Å². The van der Waals surface area contributed by atoms with Crippen LogP contribution in [0.2, 0.25) is 0 Å². The molecule has 0 rings (SSSR count). The minimum absolute atomic E-state index is 0.0624. The Hall–Kier alpha value is -2.92. The van der Waals surface area contributed by atoms with Crippen molar-refractivity contribution >= 4 is 11.9 Å². The van der Waals surface area contributed by atoms with Crippen molar-refractivity contribution in [2.24, 2.45) is 0 Å². The smallest absolute Gasteiger partial charge is 0.306 e. The van der Waals surface area contributed by atoms with Gasteiger partial charge >= 0.3 is 11.9 Å². The Morgan fingerprint density at radius 3 is 1.28 bits per heavy atom. The molecule has 0 aromatic rings. The van der Waals surface area contributed by atoms with Gasteiger partial charge in [0, 0.05) is 19.4 Å². The molecule has 5 heteroatoms. The molecule has 5 nitrogen and oxygen atoms in total. The second-order valence-electron chi connectivity index (χ2n) is 15.6. The van der Waals surface area contributed by atoms with Crippen LogP contribution in [0, 0.1) is 0 Å². The summed E-state index contributed by atoms with van der Waals surface area (Å²) in [6, 6.07) is 0. The first kappa shape index (κ1) is 55.1. The molecule has 0 aromatic carbocycles. The number of hydrogen-bond acceptors (Lipinski definition) is 5. The average molecular weight is 807 g/mol. The number of carbonyl (C=O) groups is 2. The van der Waals surface area contributed by atoms with Gasteiger partial charge in [0.1, 0.15) is 6.61 Å². The Morgan fingerprint density at radius 2 is 0.776 bits per heavy atom. The molecular weight excluding hydrogens is 717 g/mol. The number of rotatable bonds is 43. The van der Waals surface area contributed by atoms with Gasteiger partial charge in [-0.15, -0.1) is 0 Å². The summed E-state index contributed by atoms with van der Waals surface area (Å²) in [6.45, 7) is 7.56. The number of unbranched alkanes of at least 4 members (excludes halogenated alkanes) is 18. The predicted octanol–water partition coefficient (Wildman–Crippen LogP) is 16.1. The van der Waals surface area contributed by atoms with E-state index in [1.165, 1.54) is 70.6 Å². The van der Waals surface area contributed by atoms with E-state index >= 15 is 0 Å². The highest BCUT2D eigenvalue weighted by Gasteiger charge is 2.17. The van der Waals surface area contributed by atoms with Crippen LogP contribution < -0.4 is 0 Å². The average Bonchev–Trinajstić information content (AvgIpc) is 3.22. The largest absolute Gasteiger partial charge is 0.462 e. The Kier molecular flexibility index (Phi) is 46.0. The second-order valence-corrected chi connectivity index (χ2v) is 15.6. The molecule has 0 fully saturated rings. The van der Waals surface area contributed by atoms with E-state index in [4.69, 9.17) is 14.2 Å². The van der Waals surface area contributed by atoms with E-state index in [1.54, 1.807) is 0 Å². The summed E-state index contributed by atoms with van der Waals surface area (Å²) in [5.41, 5.74) is 0. The zero-order chi connectivity index (χ0) is 42.1.